The molecule has 1 fully saturated rings. The second kappa shape index (κ2) is 5.24. The summed E-state index contributed by atoms with van der Waals surface area (Å²) in [4.78, 5) is 13.4. The Morgan fingerprint density at radius 3 is 2.47 bits per heavy atom. The van der Waals surface area contributed by atoms with E-state index in [9.17, 15) is 4.79 Å². The minimum absolute atomic E-state index is 0.402. The molecule has 0 radical (unpaired) electrons. The van der Waals surface area contributed by atoms with Gasteiger partial charge >= 0.3 is 5.97 Å². The van der Waals surface area contributed by atoms with Crippen LogP contribution in [0.25, 0.3) is 0 Å². The second-order valence-corrected chi connectivity index (χ2v) is 5.96. The standard InChI is InChI=1S/C16H23NO2/c1-4-16(3)7-9-17(10-8-16)13-5-6-14(15(18)19)12(2)11-13/h5-6,11H,4,7-10H2,1-3H3,(H,18,19). The molecule has 0 amide bonds. The summed E-state index contributed by atoms with van der Waals surface area (Å²) in [7, 11) is 0. The van der Waals surface area contributed by atoms with Crippen LogP contribution in [0.15, 0.2) is 18.2 Å². The molecular weight excluding hydrogens is 238 g/mol. The van der Waals surface area contributed by atoms with Gasteiger partial charge in [0, 0.05) is 18.8 Å². The smallest absolute Gasteiger partial charge is 0.335 e. The van der Waals surface area contributed by atoms with Crippen LogP contribution in [0.3, 0.4) is 0 Å². The van der Waals surface area contributed by atoms with Crippen molar-refractivity contribution in [2.24, 2.45) is 5.41 Å². The molecule has 0 aromatic heterocycles. The van der Waals surface area contributed by atoms with Crippen molar-refractivity contribution in [1.29, 1.82) is 0 Å². The number of aryl methyl sites for hydroxylation is 1. The number of carboxylic acid groups (broad SMARTS) is 1. The van der Waals surface area contributed by atoms with Crippen LogP contribution in [0.1, 0.15) is 49.0 Å². The maximum Gasteiger partial charge on any atom is 0.335 e. The van der Waals surface area contributed by atoms with Crippen molar-refractivity contribution < 1.29 is 9.90 Å². The molecule has 1 aromatic rings. The maximum absolute atomic E-state index is 11.0. The number of nitrogens with zero attached hydrogens (tertiary/aromatic N) is 1. The number of benzene rings is 1. The van der Waals surface area contributed by atoms with E-state index in [1.54, 1.807) is 6.07 Å². The first-order valence-corrected chi connectivity index (χ1v) is 7.04. The summed E-state index contributed by atoms with van der Waals surface area (Å²) in [6, 6.07) is 5.66. The van der Waals surface area contributed by atoms with Crippen LogP contribution in [0, 0.1) is 12.3 Å². The van der Waals surface area contributed by atoms with Gasteiger partial charge in [-0.3, -0.25) is 0 Å². The fourth-order valence-electron chi connectivity index (χ4n) is 2.74. The van der Waals surface area contributed by atoms with E-state index in [1.165, 1.54) is 19.3 Å². The van der Waals surface area contributed by atoms with Gasteiger partial charge in [-0.2, -0.15) is 0 Å². The average molecular weight is 261 g/mol. The molecule has 3 heteroatoms. The SMILES string of the molecule is CCC1(C)CCN(c2ccc(C(=O)O)c(C)c2)CC1. The topological polar surface area (TPSA) is 40.5 Å². The van der Waals surface area contributed by atoms with E-state index >= 15 is 0 Å². The van der Waals surface area contributed by atoms with Gasteiger partial charge in [0.05, 0.1) is 5.56 Å². The monoisotopic (exact) mass is 261 g/mol. The molecule has 0 aliphatic carbocycles. The van der Waals surface area contributed by atoms with Crippen LogP contribution in [0.5, 0.6) is 0 Å². The number of aromatic carboxylic acids is 1. The number of hydrogen-bond donors (Lipinski definition) is 1. The zero-order valence-electron chi connectivity index (χ0n) is 12.1. The molecule has 2 rings (SSSR count). The normalized spacial score (nSPS) is 18.4. The zero-order valence-corrected chi connectivity index (χ0v) is 12.1. The Balaban J connectivity index is 2.12. The third kappa shape index (κ3) is 2.91. The van der Waals surface area contributed by atoms with Gasteiger partial charge in [-0.15, -0.1) is 0 Å². The van der Waals surface area contributed by atoms with E-state index < -0.39 is 5.97 Å². The van der Waals surface area contributed by atoms with Crippen molar-refractivity contribution in [3.05, 3.63) is 29.3 Å². The first-order chi connectivity index (χ1) is 8.95. The number of hydrogen-bond acceptors (Lipinski definition) is 2. The molecule has 0 bridgehead atoms. The lowest BCUT2D eigenvalue weighted by molar-refractivity contribution is 0.0696. The van der Waals surface area contributed by atoms with Crippen molar-refractivity contribution in [2.45, 2.75) is 40.0 Å². The highest BCUT2D eigenvalue weighted by atomic mass is 16.4. The molecule has 104 valence electrons. The largest absolute Gasteiger partial charge is 0.478 e. The van der Waals surface area contributed by atoms with Crippen LogP contribution in [0.2, 0.25) is 0 Å². The van der Waals surface area contributed by atoms with Crippen LogP contribution in [-0.4, -0.2) is 24.2 Å². The van der Waals surface area contributed by atoms with Gasteiger partial charge in [0.2, 0.25) is 0 Å². The van der Waals surface area contributed by atoms with Gasteiger partial charge in [0.25, 0.3) is 0 Å². The first-order valence-electron chi connectivity index (χ1n) is 7.04. The molecule has 1 heterocycles. The summed E-state index contributed by atoms with van der Waals surface area (Å²) >= 11 is 0. The predicted molar refractivity (Wildman–Crippen MR) is 78.0 cm³/mol. The fraction of sp³-hybridized carbons (Fsp3) is 0.562. The number of carbonyl (C=O) groups is 1. The van der Waals surface area contributed by atoms with Gasteiger partial charge in [-0.25, -0.2) is 4.79 Å². The fourth-order valence-corrected chi connectivity index (χ4v) is 2.74. The Morgan fingerprint density at radius 2 is 2.00 bits per heavy atom. The van der Waals surface area contributed by atoms with Gasteiger partial charge in [0.1, 0.15) is 0 Å². The van der Waals surface area contributed by atoms with E-state index in [1.807, 2.05) is 19.1 Å². The Kier molecular flexibility index (Phi) is 3.83. The molecule has 1 aliphatic heterocycles. The van der Waals surface area contributed by atoms with Crippen LogP contribution < -0.4 is 4.90 Å². The van der Waals surface area contributed by atoms with Gasteiger partial charge in [-0.1, -0.05) is 20.3 Å². The highest BCUT2D eigenvalue weighted by Gasteiger charge is 2.28. The summed E-state index contributed by atoms with van der Waals surface area (Å²) in [5.74, 6) is -0.846. The lowest BCUT2D eigenvalue weighted by Gasteiger charge is -2.40. The first kappa shape index (κ1) is 13.9. The molecule has 0 unspecified atom stereocenters. The van der Waals surface area contributed by atoms with Crippen molar-refractivity contribution in [3.63, 3.8) is 0 Å². The van der Waals surface area contributed by atoms with Gasteiger partial charge < -0.3 is 10.0 Å². The molecule has 1 aromatic carbocycles. The van der Waals surface area contributed by atoms with E-state index in [2.05, 4.69) is 18.7 Å². The van der Waals surface area contributed by atoms with E-state index in [0.29, 0.717) is 11.0 Å². The zero-order chi connectivity index (χ0) is 14.0. The van der Waals surface area contributed by atoms with E-state index in [-0.39, 0.29) is 0 Å². The lowest BCUT2D eigenvalue weighted by Crippen LogP contribution is -2.38. The van der Waals surface area contributed by atoms with Crippen LogP contribution >= 0.6 is 0 Å². The molecule has 0 saturated carbocycles. The molecule has 0 spiro atoms. The number of piperidine rings is 1. The highest BCUT2D eigenvalue weighted by molar-refractivity contribution is 5.89. The van der Waals surface area contributed by atoms with Gasteiger partial charge in [0.15, 0.2) is 0 Å². The third-order valence-electron chi connectivity index (χ3n) is 4.63. The van der Waals surface area contributed by atoms with Crippen molar-refractivity contribution >= 4 is 11.7 Å². The number of rotatable bonds is 3. The van der Waals surface area contributed by atoms with Crippen LogP contribution in [-0.2, 0) is 0 Å². The Hall–Kier alpha value is -1.51. The molecule has 19 heavy (non-hydrogen) atoms. The molecule has 1 N–H and O–H groups in total. The van der Waals surface area contributed by atoms with Crippen molar-refractivity contribution in [3.8, 4) is 0 Å². The summed E-state index contributed by atoms with van der Waals surface area (Å²) in [6.07, 6.45) is 3.66. The Bertz CT molecular complexity index is 474. The predicted octanol–water partition coefficient (Wildman–Crippen LogP) is 3.71. The second-order valence-electron chi connectivity index (χ2n) is 5.96. The third-order valence-corrected chi connectivity index (χ3v) is 4.63. The van der Waals surface area contributed by atoms with Crippen LogP contribution in [0.4, 0.5) is 5.69 Å². The summed E-state index contributed by atoms with van der Waals surface area (Å²) in [5, 5.41) is 9.05. The highest BCUT2D eigenvalue weighted by Crippen LogP contribution is 2.35. The number of anilines is 1. The minimum atomic E-state index is -0.846. The quantitative estimate of drug-likeness (QED) is 0.901. The average Bonchev–Trinajstić information content (AvgIpc) is 2.39. The van der Waals surface area contributed by atoms with Gasteiger partial charge in [-0.05, 0) is 48.9 Å². The molecule has 1 aliphatic rings. The van der Waals surface area contributed by atoms with E-state index in [4.69, 9.17) is 5.11 Å². The maximum atomic E-state index is 11.0. The summed E-state index contributed by atoms with van der Waals surface area (Å²) in [6.45, 7) is 8.63. The summed E-state index contributed by atoms with van der Waals surface area (Å²) < 4.78 is 0. The molecule has 3 nitrogen and oxygen atoms in total. The molecule has 0 atom stereocenters. The molecule has 1 saturated heterocycles. The van der Waals surface area contributed by atoms with E-state index in [0.717, 1.165) is 24.3 Å². The van der Waals surface area contributed by atoms with Crippen molar-refractivity contribution in [2.75, 3.05) is 18.0 Å². The minimum Gasteiger partial charge on any atom is -0.478 e. The summed E-state index contributed by atoms with van der Waals surface area (Å²) in [5.41, 5.74) is 2.88. The molecular formula is C16H23NO2. The lowest BCUT2D eigenvalue weighted by atomic mass is 9.78. The number of carboxylic acids is 1. The Morgan fingerprint density at radius 1 is 1.37 bits per heavy atom. The Labute approximate surface area is 115 Å². The van der Waals surface area contributed by atoms with Crippen molar-refractivity contribution in [1.82, 2.24) is 0 Å².